The Morgan fingerprint density at radius 3 is 1.42 bits per heavy atom. The molecule has 0 saturated heterocycles. The van der Waals surface area contributed by atoms with Gasteiger partial charge in [0.05, 0.1) is 13.2 Å². The molecule has 4 nitrogen and oxygen atoms in total. The summed E-state index contributed by atoms with van der Waals surface area (Å²) in [5.74, 6) is -1.06. The number of ether oxygens (including phenoxy) is 2. The summed E-state index contributed by atoms with van der Waals surface area (Å²) in [6.07, 6.45) is 5.41. The SMILES string of the molecule is O=C(/C=C/C(=O)OCCCc1ccccc1)OCCCc1ccccc1. The number of benzene rings is 2. The summed E-state index contributed by atoms with van der Waals surface area (Å²) in [5.41, 5.74) is 2.41. The number of rotatable bonds is 10. The molecule has 0 aliphatic rings. The molecular weight excluding hydrogens is 328 g/mol. The summed E-state index contributed by atoms with van der Waals surface area (Å²) < 4.78 is 10.1. The van der Waals surface area contributed by atoms with Gasteiger partial charge in [-0.05, 0) is 36.8 Å². The topological polar surface area (TPSA) is 52.6 Å². The van der Waals surface area contributed by atoms with Crippen molar-refractivity contribution in [3.63, 3.8) is 0 Å². The van der Waals surface area contributed by atoms with E-state index in [0.717, 1.165) is 37.8 Å². The molecule has 136 valence electrons. The predicted molar refractivity (Wildman–Crippen MR) is 101 cm³/mol. The molecule has 4 heteroatoms. The Morgan fingerprint density at radius 1 is 0.654 bits per heavy atom. The highest BCUT2D eigenvalue weighted by atomic mass is 16.5. The molecule has 0 spiro atoms. The summed E-state index contributed by atoms with van der Waals surface area (Å²) in [5, 5.41) is 0. The van der Waals surface area contributed by atoms with Gasteiger partial charge in [0.15, 0.2) is 0 Å². The van der Waals surface area contributed by atoms with E-state index in [1.807, 2.05) is 60.7 Å². The lowest BCUT2D eigenvalue weighted by molar-refractivity contribution is -0.140. The Labute approximate surface area is 154 Å². The monoisotopic (exact) mass is 352 g/mol. The van der Waals surface area contributed by atoms with Gasteiger partial charge in [0.2, 0.25) is 0 Å². The Morgan fingerprint density at radius 2 is 1.04 bits per heavy atom. The van der Waals surface area contributed by atoms with Gasteiger partial charge in [0.25, 0.3) is 0 Å². The molecule has 0 saturated carbocycles. The van der Waals surface area contributed by atoms with Crippen molar-refractivity contribution < 1.29 is 19.1 Å². The Balaban J connectivity index is 1.53. The highest BCUT2D eigenvalue weighted by Gasteiger charge is 2.02. The molecule has 2 aromatic rings. The Hall–Kier alpha value is -2.88. The van der Waals surface area contributed by atoms with Crippen LogP contribution >= 0.6 is 0 Å². The van der Waals surface area contributed by atoms with Gasteiger partial charge in [0.1, 0.15) is 0 Å². The van der Waals surface area contributed by atoms with Crippen molar-refractivity contribution in [2.24, 2.45) is 0 Å². The average Bonchev–Trinajstić information content (AvgIpc) is 2.68. The fraction of sp³-hybridized carbons (Fsp3) is 0.273. The van der Waals surface area contributed by atoms with E-state index in [9.17, 15) is 9.59 Å². The molecule has 0 bridgehead atoms. The number of hydrogen-bond donors (Lipinski definition) is 0. The summed E-state index contributed by atoms with van der Waals surface area (Å²) in [6.45, 7) is 0.647. The summed E-state index contributed by atoms with van der Waals surface area (Å²) in [6, 6.07) is 20.0. The fourth-order valence-electron chi connectivity index (χ4n) is 2.42. The van der Waals surface area contributed by atoms with Crippen molar-refractivity contribution in [3.8, 4) is 0 Å². The van der Waals surface area contributed by atoms with Gasteiger partial charge in [0, 0.05) is 12.2 Å². The zero-order valence-electron chi connectivity index (χ0n) is 14.8. The van der Waals surface area contributed by atoms with Crippen LogP contribution in [0.2, 0.25) is 0 Å². The molecule has 0 heterocycles. The van der Waals surface area contributed by atoms with E-state index in [1.165, 1.54) is 11.1 Å². The normalized spacial score (nSPS) is 10.6. The third-order valence-corrected chi connectivity index (χ3v) is 3.75. The molecule has 0 N–H and O–H groups in total. The van der Waals surface area contributed by atoms with Crippen molar-refractivity contribution in [3.05, 3.63) is 83.9 Å². The van der Waals surface area contributed by atoms with Crippen LogP contribution in [0.5, 0.6) is 0 Å². The molecule has 0 aromatic heterocycles. The summed E-state index contributed by atoms with van der Waals surface area (Å²) >= 11 is 0. The maximum atomic E-state index is 11.6. The lowest BCUT2D eigenvalue weighted by atomic mass is 10.1. The molecule has 2 aromatic carbocycles. The first kappa shape index (κ1) is 19.4. The molecular formula is C22H24O4. The zero-order chi connectivity index (χ0) is 18.5. The molecule has 0 aliphatic carbocycles. The van der Waals surface area contributed by atoms with Crippen molar-refractivity contribution in [1.82, 2.24) is 0 Å². The van der Waals surface area contributed by atoms with Crippen molar-refractivity contribution >= 4 is 11.9 Å². The van der Waals surface area contributed by atoms with Gasteiger partial charge in [-0.25, -0.2) is 9.59 Å². The van der Waals surface area contributed by atoms with E-state index >= 15 is 0 Å². The average molecular weight is 352 g/mol. The molecule has 26 heavy (non-hydrogen) atoms. The van der Waals surface area contributed by atoms with Gasteiger partial charge in [-0.2, -0.15) is 0 Å². The maximum absolute atomic E-state index is 11.6. The largest absolute Gasteiger partial charge is 0.463 e. The number of aryl methyl sites for hydroxylation is 2. The Kier molecular flexibility index (Phi) is 8.70. The molecule has 0 fully saturated rings. The van der Waals surface area contributed by atoms with Gasteiger partial charge in [-0.15, -0.1) is 0 Å². The van der Waals surface area contributed by atoms with E-state index in [2.05, 4.69) is 0 Å². The minimum Gasteiger partial charge on any atom is -0.463 e. The van der Waals surface area contributed by atoms with E-state index in [4.69, 9.17) is 9.47 Å². The van der Waals surface area contributed by atoms with Crippen LogP contribution in [0.4, 0.5) is 0 Å². The molecule has 0 atom stereocenters. The predicted octanol–water partition coefficient (Wildman–Crippen LogP) is 3.89. The number of esters is 2. The maximum Gasteiger partial charge on any atom is 0.331 e. The fourth-order valence-corrected chi connectivity index (χ4v) is 2.42. The second kappa shape index (κ2) is 11.6. The minimum absolute atomic E-state index is 0.324. The second-order valence-electron chi connectivity index (χ2n) is 5.85. The van der Waals surface area contributed by atoms with Crippen LogP contribution in [0.25, 0.3) is 0 Å². The van der Waals surface area contributed by atoms with E-state index < -0.39 is 11.9 Å². The second-order valence-corrected chi connectivity index (χ2v) is 5.85. The third kappa shape index (κ3) is 8.29. The van der Waals surface area contributed by atoms with E-state index in [0.29, 0.717) is 13.2 Å². The van der Waals surface area contributed by atoms with E-state index in [1.54, 1.807) is 0 Å². The lowest BCUT2D eigenvalue weighted by Crippen LogP contribution is -2.07. The highest BCUT2D eigenvalue weighted by Crippen LogP contribution is 2.03. The van der Waals surface area contributed by atoms with Gasteiger partial charge in [-0.3, -0.25) is 0 Å². The van der Waals surface area contributed by atoms with Crippen LogP contribution in [0.15, 0.2) is 72.8 Å². The summed E-state index contributed by atoms with van der Waals surface area (Å²) in [4.78, 5) is 23.1. The highest BCUT2D eigenvalue weighted by molar-refractivity contribution is 5.91. The van der Waals surface area contributed by atoms with Crippen molar-refractivity contribution in [1.29, 1.82) is 0 Å². The van der Waals surface area contributed by atoms with Gasteiger partial charge < -0.3 is 9.47 Å². The van der Waals surface area contributed by atoms with E-state index in [-0.39, 0.29) is 0 Å². The molecule has 0 amide bonds. The standard InChI is InChI=1S/C22H24O4/c23-21(25-17-7-13-19-9-3-1-4-10-19)15-16-22(24)26-18-8-14-20-11-5-2-6-12-20/h1-6,9-12,15-16H,7-8,13-14,17-18H2/b16-15+. The Bertz CT molecular complexity index is 631. The van der Waals surface area contributed by atoms with Crippen LogP contribution in [0.1, 0.15) is 24.0 Å². The van der Waals surface area contributed by atoms with Crippen LogP contribution in [0, 0.1) is 0 Å². The van der Waals surface area contributed by atoms with Gasteiger partial charge in [-0.1, -0.05) is 60.7 Å². The molecule has 0 aliphatic heterocycles. The molecule has 0 radical (unpaired) electrons. The number of carbonyl (C=O) groups excluding carboxylic acids is 2. The first-order chi connectivity index (χ1) is 12.7. The van der Waals surface area contributed by atoms with Crippen molar-refractivity contribution in [2.45, 2.75) is 25.7 Å². The molecule has 0 unspecified atom stereocenters. The van der Waals surface area contributed by atoms with Crippen molar-refractivity contribution in [2.75, 3.05) is 13.2 Å². The van der Waals surface area contributed by atoms with Crippen LogP contribution < -0.4 is 0 Å². The summed E-state index contributed by atoms with van der Waals surface area (Å²) in [7, 11) is 0. The van der Waals surface area contributed by atoms with Crippen LogP contribution in [-0.2, 0) is 31.9 Å². The first-order valence-electron chi connectivity index (χ1n) is 8.83. The number of hydrogen-bond acceptors (Lipinski definition) is 4. The molecule has 2 rings (SSSR count). The lowest BCUT2D eigenvalue weighted by Gasteiger charge is -2.03. The zero-order valence-corrected chi connectivity index (χ0v) is 14.8. The van der Waals surface area contributed by atoms with Crippen LogP contribution in [0.3, 0.4) is 0 Å². The van der Waals surface area contributed by atoms with Gasteiger partial charge >= 0.3 is 11.9 Å². The third-order valence-electron chi connectivity index (χ3n) is 3.75. The number of carbonyl (C=O) groups is 2. The smallest absolute Gasteiger partial charge is 0.331 e. The van der Waals surface area contributed by atoms with Crippen LogP contribution in [-0.4, -0.2) is 25.2 Å². The quantitative estimate of drug-likeness (QED) is 0.370. The minimum atomic E-state index is -0.528. The first-order valence-corrected chi connectivity index (χ1v) is 8.83.